The summed E-state index contributed by atoms with van der Waals surface area (Å²) in [6.45, 7) is 17.1. The van der Waals surface area contributed by atoms with Gasteiger partial charge in [0.1, 0.15) is 18.1 Å². The zero-order valence-corrected chi connectivity index (χ0v) is 21.8. The fourth-order valence-corrected chi connectivity index (χ4v) is 4.89. The van der Waals surface area contributed by atoms with Crippen LogP contribution in [0.3, 0.4) is 0 Å². The van der Waals surface area contributed by atoms with E-state index in [1.807, 2.05) is 0 Å². The summed E-state index contributed by atoms with van der Waals surface area (Å²) >= 11 is 0. The lowest BCUT2D eigenvalue weighted by molar-refractivity contribution is -0.690. The molecule has 176 valence electrons. The summed E-state index contributed by atoms with van der Waals surface area (Å²) in [6.07, 6.45) is 4.54. The van der Waals surface area contributed by atoms with Crippen molar-refractivity contribution in [1.29, 1.82) is 0 Å². The average Bonchev–Trinajstić information content (AvgIpc) is 3.21. The van der Waals surface area contributed by atoms with E-state index in [4.69, 9.17) is 0 Å². The first-order chi connectivity index (χ1) is 16.3. The van der Waals surface area contributed by atoms with Crippen molar-refractivity contribution in [2.75, 3.05) is 0 Å². The van der Waals surface area contributed by atoms with Gasteiger partial charge in [-0.1, -0.05) is 90.1 Å². The molecule has 0 aliphatic carbocycles. The first-order valence-corrected chi connectivity index (χ1v) is 12.7. The Hall–Kier alpha value is -3.13. The monoisotopic (exact) mass is 451 g/mol. The Balaban J connectivity index is 2.05. The highest BCUT2D eigenvalue weighted by Crippen LogP contribution is 2.38. The Morgan fingerprint density at radius 1 is 0.735 bits per heavy atom. The van der Waals surface area contributed by atoms with Gasteiger partial charge in [-0.05, 0) is 59.6 Å². The van der Waals surface area contributed by atoms with Gasteiger partial charge in [-0.15, -0.1) is 0 Å². The highest BCUT2D eigenvalue weighted by atomic mass is 15.2. The van der Waals surface area contributed by atoms with Gasteiger partial charge >= 0.3 is 0 Å². The van der Waals surface area contributed by atoms with Gasteiger partial charge in [-0.2, -0.15) is 4.57 Å². The third-order valence-electron chi connectivity index (χ3n) is 6.60. The van der Waals surface area contributed by atoms with Gasteiger partial charge in [-0.25, -0.2) is 4.57 Å². The molecule has 0 fully saturated rings. The van der Waals surface area contributed by atoms with Crippen molar-refractivity contribution in [1.82, 2.24) is 4.57 Å². The van der Waals surface area contributed by atoms with E-state index < -0.39 is 0 Å². The summed E-state index contributed by atoms with van der Waals surface area (Å²) in [5.41, 5.74) is 9.31. The summed E-state index contributed by atoms with van der Waals surface area (Å²) in [4.78, 5) is 0. The Kier molecular flexibility index (Phi) is 7.07. The Labute approximate surface area is 205 Å². The molecular formula is C32H39N2+. The SMILES string of the molecule is Cc1ccccc1-c1n(-c2c(C(C)C)cc(-c3ccccc3)cc2C(C)C)cc[n+]1CC(C)C. The lowest BCUT2D eigenvalue weighted by Crippen LogP contribution is -2.37. The van der Waals surface area contributed by atoms with E-state index in [-0.39, 0.29) is 0 Å². The van der Waals surface area contributed by atoms with Gasteiger partial charge in [0, 0.05) is 11.1 Å². The molecule has 0 spiro atoms. The molecule has 4 rings (SSSR count). The van der Waals surface area contributed by atoms with E-state index in [9.17, 15) is 0 Å². The van der Waals surface area contributed by atoms with Crippen LogP contribution in [0.5, 0.6) is 0 Å². The van der Waals surface area contributed by atoms with Crippen molar-refractivity contribution < 1.29 is 4.57 Å². The van der Waals surface area contributed by atoms with Gasteiger partial charge in [-0.3, -0.25) is 0 Å². The summed E-state index contributed by atoms with van der Waals surface area (Å²) in [5, 5.41) is 0. The van der Waals surface area contributed by atoms with E-state index in [1.165, 1.54) is 44.9 Å². The van der Waals surface area contributed by atoms with E-state index in [2.05, 4.69) is 137 Å². The van der Waals surface area contributed by atoms with Crippen LogP contribution in [-0.2, 0) is 6.54 Å². The summed E-state index contributed by atoms with van der Waals surface area (Å²) in [7, 11) is 0. The van der Waals surface area contributed by atoms with E-state index >= 15 is 0 Å². The van der Waals surface area contributed by atoms with Crippen molar-refractivity contribution in [3.8, 4) is 28.2 Å². The molecule has 0 amide bonds. The maximum atomic E-state index is 2.46. The molecule has 0 radical (unpaired) electrons. The standard InChI is InChI=1S/C32H39N2/c1-22(2)21-33-17-18-34(32(33)28-16-12-11-13-25(28)7)31-29(23(3)4)19-27(20-30(31)24(5)6)26-14-9-8-10-15-26/h8-20,22-24H,21H2,1-7H3/q+1. The number of hydrogen-bond donors (Lipinski definition) is 0. The highest BCUT2D eigenvalue weighted by molar-refractivity contribution is 5.71. The number of hydrogen-bond acceptors (Lipinski definition) is 0. The lowest BCUT2D eigenvalue weighted by Gasteiger charge is -2.20. The minimum Gasteiger partial charge on any atom is -0.229 e. The normalized spacial score (nSPS) is 11.7. The van der Waals surface area contributed by atoms with Crippen LogP contribution >= 0.6 is 0 Å². The quantitative estimate of drug-likeness (QED) is 0.250. The largest absolute Gasteiger partial charge is 0.294 e. The molecule has 0 N–H and O–H groups in total. The van der Waals surface area contributed by atoms with E-state index in [0.717, 1.165) is 6.54 Å². The van der Waals surface area contributed by atoms with Crippen molar-refractivity contribution >= 4 is 0 Å². The smallest absolute Gasteiger partial charge is 0.229 e. The minimum atomic E-state index is 0.404. The molecule has 2 nitrogen and oxygen atoms in total. The van der Waals surface area contributed by atoms with Gasteiger partial charge in [0.25, 0.3) is 5.82 Å². The third kappa shape index (κ3) is 4.73. The van der Waals surface area contributed by atoms with Crippen LogP contribution < -0.4 is 4.57 Å². The molecule has 0 aliphatic heterocycles. The van der Waals surface area contributed by atoms with Crippen molar-refractivity contribution in [3.05, 3.63) is 95.8 Å². The molecule has 0 saturated heterocycles. The van der Waals surface area contributed by atoms with Gasteiger partial charge in [0.15, 0.2) is 0 Å². The van der Waals surface area contributed by atoms with Crippen LogP contribution in [0.1, 0.15) is 70.1 Å². The molecule has 0 unspecified atom stereocenters. The fourth-order valence-electron chi connectivity index (χ4n) is 4.89. The molecule has 2 heteroatoms. The average molecular weight is 452 g/mol. The third-order valence-corrected chi connectivity index (χ3v) is 6.60. The number of imidazole rings is 1. The maximum Gasteiger partial charge on any atom is 0.294 e. The van der Waals surface area contributed by atoms with E-state index in [0.29, 0.717) is 17.8 Å². The zero-order valence-electron chi connectivity index (χ0n) is 21.8. The molecule has 34 heavy (non-hydrogen) atoms. The molecule has 0 atom stereocenters. The van der Waals surface area contributed by atoms with Crippen molar-refractivity contribution in [3.63, 3.8) is 0 Å². The van der Waals surface area contributed by atoms with Crippen LogP contribution in [0, 0.1) is 12.8 Å². The second-order valence-electron chi connectivity index (χ2n) is 10.5. The second-order valence-corrected chi connectivity index (χ2v) is 10.5. The molecule has 1 aromatic heterocycles. The minimum absolute atomic E-state index is 0.404. The van der Waals surface area contributed by atoms with Crippen LogP contribution in [0.25, 0.3) is 28.2 Å². The van der Waals surface area contributed by atoms with Crippen LogP contribution in [0.15, 0.2) is 79.1 Å². The first-order valence-electron chi connectivity index (χ1n) is 12.7. The van der Waals surface area contributed by atoms with Crippen LogP contribution in [0.4, 0.5) is 0 Å². The molecular weight excluding hydrogens is 412 g/mol. The molecule has 4 aromatic rings. The highest BCUT2D eigenvalue weighted by Gasteiger charge is 2.28. The number of nitrogens with zero attached hydrogens (tertiary/aromatic N) is 2. The molecule has 0 bridgehead atoms. The van der Waals surface area contributed by atoms with Crippen molar-refractivity contribution in [2.24, 2.45) is 5.92 Å². The maximum absolute atomic E-state index is 2.46. The summed E-state index contributed by atoms with van der Waals surface area (Å²) in [5.74, 6) is 2.64. The summed E-state index contributed by atoms with van der Waals surface area (Å²) < 4.78 is 4.90. The van der Waals surface area contributed by atoms with Crippen LogP contribution in [0.2, 0.25) is 0 Å². The van der Waals surface area contributed by atoms with Gasteiger partial charge in [0.2, 0.25) is 0 Å². The van der Waals surface area contributed by atoms with Crippen molar-refractivity contribution in [2.45, 2.75) is 66.8 Å². The number of rotatable bonds is 7. The number of aromatic nitrogens is 2. The van der Waals surface area contributed by atoms with Crippen LogP contribution in [-0.4, -0.2) is 4.57 Å². The first kappa shape index (κ1) is 24.0. The zero-order chi connectivity index (χ0) is 24.4. The predicted molar refractivity (Wildman–Crippen MR) is 145 cm³/mol. The van der Waals surface area contributed by atoms with E-state index in [1.54, 1.807) is 0 Å². The topological polar surface area (TPSA) is 8.81 Å². The van der Waals surface area contributed by atoms with Gasteiger partial charge in [0.05, 0.1) is 12.1 Å². The number of benzene rings is 3. The Morgan fingerprint density at radius 3 is 1.88 bits per heavy atom. The molecule has 0 saturated carbocycles. The Bertz CT molecular complexity index is 1230. The predicted octanol–water partition coefficient (Wildman–Crippen LogP) is 8.31. The molecule has 0 aliphatic rings. The fraction of sp³-hybridized carbons (Fsp3) is 0.344. The molecule has 3 aromatic carbocycles. The van der Waals surface area contributed by atoms with Gasteiger partial charge < -0.3 is 0 Å². The number of aryl methyl sites for hydroxylation is 1. The molecule has 1 heterocycles. The lowest BCUT2D eigenvalue weighted by atomic mass is 9.88. The summed E-state index contributed by atoms with van der Waals surface area (Å²) in [6, 6.07) is 24.4. The second kappa shape index (κ2) is 10.0. The Morgan fingerprint density at radius 2 is 1.32 bits per heavy atom.